The predicted octanol–water partition coefficient (Wildman–Crippen LogP) is 2.98. The minimum Gasteiger partial charge on any atom is -0.468 e. The third-order valence-corrected chi connectivity index (χ3v) is 6.19. The van der Waals surface area contributed by atoms with Crippen molar-refractivity contribution in [2.75, 3.05) is 25.1 Å². The number of hydrogen-bond acceptors (Lipinski definition) is 5. The zero-order valence-electron chi connectivity index (χ0n) is 14.7. The molecule has 0 unspecified atom stereocenters. The number of thiophene rings is 1. The van der Waals surface area contributed by atoms with Gasteiger partial charge < -0.3 is 4.74 Å². The number of aryl methyl sites for hydroxylation is 1. The van der Waals surface area contributed by atoms with E-state index in [1.807, 2.05) is 30.3 Å². The summed E-state index contributed by atoms with van der Waals surface area (Å²) in [5.74, 6) is -0.583. The Bertz CT molecular complexity index is 886. The molecule has 0 radical (unpaired) electrons. The number of nitrogens with zero attached hydrogens (tertiary/aromatic N) is 2. The van der Waals surface area contributed by atoms with Crippen LogP contribution in [0.15, 0.2) is 35.3 Å². The maximum absolute atomic E-state index is 12.7. The Morgan fingerprint density at radius 1 is 1.23 bits per heavy atom. The second kappa shape index (κ2) is 7.03. The average molecular weight is 368 g/mol. The van der Waals surface area contributed by atoms with E-state index in [1.165, 1.54) is 17.6 Å². The number of carbonyl (C=O) groups excluding carboxylic acids is 2. The van der Waals surface area contributed by atoms with Crippen molar-refractivity contribution in [3.05, 3.63) is 51.9 Å². The van der Waals surface area contributed by atoms with Gasteiger partial charge >= 0.3 is 5.97 Å². The van der Waals surface area contributed by atoms with Crippen molar-refractivity contribution < 1.29 is 14.3 Å². The van der Waals surface area contributed by atoms with Crippen molar-refractivity contribution in [1.29, 1.82) is 0 Å². The van der Waals surface area contributed by atoms with Gasteiger partial charge in [0.25, 0.3) is 0 Å². The van der Waals surface area contributed by atoms with E-state index in [1.54, 1.807) is 16.2 Å². The fourth-order valence-electron chi connectivity index (χ4n) is 3.60. The lowest BCUT2D eigenvalue weighted by atomic mass is 9.91. The van der Waals surface area contributed by atoms with Gasteiger partial charge in [-0.05, 0) is 31.2 Å². The molecule has 1 aliphatic carbocycles. The minimum absolute atomic E-state index is 0.0391. The number of ether oxygens (including phenoxy) is 1. The summed E-state index contributed by atoms with van der Waals surface area (Å²) >= 11 is 1.63. The van der Waals surface area contributed by atoms with Gasteiger partial charge in [-0.3, -0.25) is 19.5 Å². The molecule has 2 aliphatic rings. The van der Waals surface area contributed by atoms with Crippen molar-refractivity contribution >= 4 is 33.9 Å². The van der Waals surface area contributed by atoms with Crippen molar-refractivity contribution in [3.8, 4) is 0 Å². The number of carbonyl (C=O) groups is 2. The molecule has 2 heterocycles. The summed E-state index contributed by atoms with van der Waals surface area (Å²) in [7, 11) is 1.34. The lowest BCUT2D eigenvalue weighted by Gasteiger charge is -2.19. The molecule has 0 N–H and O–H groups in total. The number of anilines is 1. The highest BCUT2D eigenvalue weighted by atomic mass is 32.1. The molecule has 0 atom stereocenters. The maximum atomic E-state index is 12.7. The molecular weight excluding hydrogens is 348 g/mol. The van der Waals surface area contributed by atoms with Gasteiger partial charge in [0, 0.05) is 16.0 Å². The molecule has 1 amide bonds. The highest BCUT2D eigenvalue weighted by Crippen LogP contribution is 2.42. The molecule has 1 aromatic heterocycles. The number of methoxy groups -OCH3 is 1. The summed E-state index contributed by atoms with van der Waals surface area (Å²) in [6, 6.07) is 9.98. The smallest absolute Gasteiger partial charge is 0.325 e. The first-order chi connectivity index (χ1) is 12.7. The quantitative estimate of drug-likeness (QED) is 0.783. The van der Waals surface area contributed by atoms with Crippen LogP contribution >= 0.6 is 11.3 Å². The molecule has 0 saturated heterocycles. The Morgan fingerprint density at radius 3 is 2.77 bits per heavy atom. The summed E-state index contributed by atoms with van der Waals surface area (Å²) in [5.41, 5.74) is 4.20. The van der Waals surface area contributed by atoms with Crippen LogP contribution in [-0.2, 0) is 27.2 Å². The van der Waals surface area contributed by atoms with E-state index in [9.17, 15) is 9.59 Å². The zero-order valence-corrected chi connectivity index (χ0v) is 15.5. The first-order valence-corrected chi connectivity index (χ1v) is 9.62. The van der Waals surface area contributed by atoms with Crippen LogP contribution in [0.5, 0.6) is 0 Å². The Labute approximate surface area is 156 Å². The summed E-state index contributed by atoms with van der Waals surface area (Å²) in [4.78, 5) is 32.2. The fourth-order valence-corrected chi connectivity index (χ4v) is 5.00. The van der Waals surface area contributed by atoms with Gasteiger partial charge in [0.15, 0.2) is 0 Å². The Kier molecular flexibility index (Phi) is 4.59. The Balaban J connectivity index is 1.89. The van der Waals surface area contributed by atoms with Crippen LogP contribution in [-0.4, -0.2) is 37.8 Å². The molecule has 0 spiro atoms. The number of fused-ring (bicyclic) bond motifs is 3. The highest BCUT2D eigenvalue weighted by Gasteiger charge is 2.33. The average Bonchev–Trinajstić information content (AvgIpc) is 3.00. The number of rotatable bonds is 3. The molecule has 4 rings (SSSR count). The third kappa shape index (κ3) is 2.94. The predicted molar refractivity (Wildman–Crippen MR) is 102 cm³/mol. The molecule has 5 nitrogen and oxygen atoms in total. The van der Waals surface area contributed by atoms with Crippen LogP contribution in [0.3, 0.4) is 0 Å². The number of benzene rings is 1. The minimum atomic E-state index is -0.418. The van der Waals surface area contributed by atoms with Crippen molar-refractivity contribution in [2.45, 2.75) is 25.7 Å². The highest BCUT2D eigenvalue weighted by molar-refractivity contribution is 7.17. The van der Waals surface area contributed by atoms with Gasteiger partial charge in [-0.1, -0.05) is 30.3 Å². The second-order valence-corrected chi connectivity index (χ2v) is 7.56. The SMILES string of the molecule is COC(=O)CN1C(=O)CN=C(c2ccccc2)c2c1sc1c2CCCC1. The van der Waals surface area contributed by atoms with E-state index < -0.39 is 5.97 Å². The van der Waals surface area contributed by atoms with Crippen LogP contribution in [0.2, 0.25) is 0 Å². The second-order valence-electron chi connectivity index (χ2n) is 6.48. The van der Waals surface area contributed by atoms with Crippen LogP contribution < -0.4 is 4.90 Å². The third-order valence-electron chi connectivity index (χ3n) is 4.87. The molecule has 2 aromatic rings. The topological polar surface area (TPSA) is 59.0 Å². The van der Waals surface area contributed by atoms with E-state index in [0.29, 0.717) is 0 Å². The van der Waals surface area contributed by atoms with Gasteiger partial charge in [-0.2, -0.15) is 0 Å². The van der Waals surface area contributed by atoms with Crippen LogP contribution in [0.4, 0.5) is 5.00 Å². The molecule has 6 heteroatoms. The molecular formula is C20H20N2O3S. The van der Waals surface area contributed by atoms with E-state index in [-0.39, 0.29) is 19.0 Å². The van der Waals surface area contributed by atoms with Gasteiger partial charge in [0.2, 0.25) is 5.91 Å². The number of hydrogen-bond donors (Lipinski definition) is 0. The molecule has 134 valence electrons. The van der Waals surface area contributed by atoms with Gasteiger partial charge in [0.1, 0.15) is 18.1 Å². The molecule has 1 aliphatic heterocycles. The fraction of sp³-hybridized carbons (Fsp3) is 0.350. The Hall–Kier alpha value is -2.47. The molecule has 0 fully saturated rings. The normalized spacial score (nSPS) is 16.4. The first kappa shape index (κ1) is 17.0. The van der Waals surface area contributed by atoms with Gasteiger partial charge in [-0.15, -0.1) is 11.3 Å². The van der Waals surface area contributed by atoms with Gasteiger partial charge in [-0.25, -0.2) is 0 Å². The molecule has 0 bridgehead atoms. The molecule has 0 saturated carbocycles. The Morgan fingerprint density at radius 2 is 2.00 bits per heavy atom. The molecule has 1 aromatic carbocycles. The van der Waals surface area contributed by atoms with Crippen molar-refractivity contribution in [1.82, 2.24) is 0 Å². The first-order valence-electron chi connectivity index (χ1n) is 8.81. The van der Waals surface area contributed by atoms with Crippen LogP contribution in [0.25, 0.3) is 0 Å². The summed E-state index contributed by atoms with van der Waals surface area (Å²) in [5, 5.41) is 0.840. The summed E-state index contributed by atoms with van der Waals surface area (Å²) in [6.07, 6.45) is 4.32. The van der Waals surface area contributed by atoms with E-state index in [0.717, 1.165) is 47.5 Å². The van der Waals surface area contributed by atoms with Gasteiger partial charge in [0.05, 0.1) is 12.8 Å². The zero-order chi connectivity index (χ0) is 18.1. The molecule has 26 heavy (non-hydrogen) atoms. The number of amides is 1. The summed E-state index contributed by atoms with van der Waals surface area (Å²) in [6.45, 7) is -0.0310. The van der Waals surface area contributed by atoms with E-state index >= 15 is 0 Å². The van der Waals surface area contributed by atoms with E-state index in [4.69, 9.17) is 4.74 Å². The standard InChI is InChI=1S/C20H20N2O3S/c1-25-17(24)12-22-16(23)11-21-19(13-7-3-2-4-8-13)18-14-9-5-6-10-15(14)26-20(18)22/h2-4,7-8H,5-6,9-12H2,1H3. The van der Waals surface area contributed by atoms with Crippen molar-refractivity contribution in [3.63, 3.8) is 0 Å². The lowest BCUT2D eigenvalue weighted by molar-refractivity contribution is -0.139. The van der Waals surface area contributed by atoms with Crippen LogP contribution in [0, 0.1) is 0 Å². The largest absolute Gasteiger partial charge is 0.468 e. The van der Waals surface area contributed by atoms with E-state index in [2.05, 4.69) is 4.99 Å². The monoisotopic (exact) mass is 368 g/mol. The number of aliphatic imine (C=N–C) groups is 1. The lowest BCUT2D eigenvalue weighted by Crippen LogP contribution is -2.37. The van der Waals surface area contributed by atoms with Crippen molar-refractivity contribution in [2.24, 2.45) is 4.99 Å². The van der Waals surface area contributed by atoms with Crippen LogP contribution in [0.1, 0.15) is 34.4 Å². The maximum Gasteiger partial charge on any atom is 0.325 e. The summed E-state index contributed by atoms with van der Waals surface area (Å²) < 4.78 is 4.81. The number of esters is 1.